The monoisotopic (exact) mass is 133 g/mol. The van der Waals surface area contributed by atoms with Crippen molar-refractivity contribution in [3.05, 3.63) is 23.4 Å². The number of aryl methyl sites for hydroxylation is 1. The van der Waals surface area contributed by atoms with Crippen molar-refractivity contribution in [3.63, 3.8) is 0 Å². The van der Waals surface area contributed by atoms with Gasteiger partial charge in [0.25, 0.3) is 0 Å². The molecule has 0 unspecified atom stereocenters. The zero-order valence-electron chi connectivity index (χ0n) is 5.83. The van der Waals surface area contributed by atoms with Crippen LogP contribution in [0.25, 0.3) is 0 Å². The summed E-state index contributed by atoms with van der Waals surface area (Å²) in [6.45, 7) is 1.86. The van der Waals surface area contributed by atoms with Gasteiger partial charge in [0.1, 0.15) is 7.85 Å². The number of nitrogens with zero attached hydrogens (tertiary/aromatic N) is 1. The predicted molar refractivity (Wildman–Crippen MR) is 40.3 cm³/mol. The van der Waals surface area contributed by atoms with Crippen LogP contribution in [0.1, 0.15) is 11.1 Å². The molecule has 2 nitrogen and oxygen atoms in total. The van der Waals surface area contributed by atoms with Crippen molar-refractivity contribution in [1.82, 2.24) is 4.98 Å². The average molecular weight is 133 g/mol. The Balaban J connectivity index is 3.17. The first-order valence-electron chi connectivity index (χ1n) is 3.06. The maximum atomic E-state index is 8.78. The van der Waals surface area contributed by atoms with E-state index in [1.165, 1.54) is 0 Å². The van der Waals surface area contributed by atoms with Crippen LogP contribution in [0.4, 0.5) is 0 Å². The molecule has 1 heterocycles. The van der Waals surface area contributed by atoms with Gasteiger partial charge in [-0.2, -0.15) is 0 Å². The van der Waals surface area contributed by atoms with Crippen LogP contribution in [0.3, 0.4) is 0 Å². The Kier molecular flexibility index (Phi) is 2.07. The molecule has 0 bridgehead atoms. The van der Waals surface area contributed by atoms with Gasteiger partial charge >= 0.3 is 0 Å². The summed E-state index contributed by atoms with van der Waals surface area (Å²) < 4.78 is 0. The Bertz CT molecular complexity index is 217. The number of aliphatic hydroxyl groups excluding tert-OH is 1. The third-order valence-electron chi connectivity index (χ3n) is 1.48. The molecule has 3 heteroatoms. The fourth-order valence-corrected chi connectivity index (χ4v) is 0.816. The number of rotatable bonds is 1. The normalized spacial score (nSPS) is 9.80. The molecule has 2 radical (unpaired) electrons. The summed E-state index contributed by atoms with van der Waals surface area (Å²) in [7, 11) is 5.46. The Morgan fingerprint density at radius 1 is 1.70 bits per heavy atom. The Morgan fingerprint density at radius 2 is 2.40 bits per heavy atom. The quantitative estimate of drug-likeness (QED) is 0.532. The minimum absolute atomic E-state index is 0.0362. The van der Waals surface area contributed by atoms with Gasteiger partial charge in [-0.15, -0.1) is 0 Å². The van der Waals surface area contributed by atoms with Crippen LogP contribution in [0.5, 0.6) is 0 Å². The van der Waals surface area contributed by atoms with Crippen LogP contribution >= 0.6 is 0 Å². The molecule has 0 saturated heterocycles. The van der Waals surface area contributed by atoms with E-state index in [0.717, 1.165) is 11.1 Å². The third kappa shape index (κ3) is 1.19. The van der Waals surface area contributed by atoms with Crippen LogP contribution in [0.2, 0.25) is 0 Å². The van der Waals surface area contributed by atoms with Crippen LogP contribution in [-0.2, 0) is 6.61 Å². The molecular weight excluding hydrogens is 125 g/mol. The molecule has 1 aromatic rings. The summed E-state index contributed by atoms with van der Waals surface area (Å²) in [5, 5.41) is 8.78. The largest absolute Gasteiger partial charge is 0.392 e. The molecule has 1 rings (SSSR count). The molecular formula is C7H8BNO. The molecule has 0 aliphatic rings. The van der Waals surface area contributed by atoms with Crippen molar-refractivity contribution >= 4 is 13.4 Å². The number of pyridine rings is 1. The fourth-order valence-electron chi connectivity index (χ4n) is 0.816. The van der Waals surface area contributed by atoms with Gasteiger partial charge in [-0.3, -0.25) is 4.98 Å². The lowest BCUT2D eigenvalue weighted by atomic mass is 9.95. The van der Waals surface area contributed by atoms with E-state index in [9.17, 15) is 0 Å². The Morgan fingerprint density at radius 3 is 2.80 bits per heavy atom. The van der Waals surface area contributed by atoms with Crippen LogP contribution in [0.15, 0.2) is 12.3 Å². The molecule has 0 fully saturated rings. The second-order valence-corrected chi connectivity index (χ2v) is 2.15. The highest BCUT2D eigenvalue weighted by atomic mass is 16.3. The highest BCUT2D eigenvalue weighted by molar-refractivity contribution is 6.31. The number of hydrogen-bond acceptors (Lipinski definition) is 2. The fraction of sp³-hybridized carbons (Fsp3) is 0.286. The van der Waals surface area contributed by atoms with Gasteiger partial charge in [-0.25, -0.2) is 0 Å². The smallest absolute Gasteiger partial charge is 0.142 e. The van der Waals surface area contributed by atoms with Crippen LogP contribution in [0, 0.1) is 6.92 Å². The summed E-state index contributed by atoms with van der Waals surface area (Å²) in [5.41, 5.74) is 2.13. The van der Waals surface area contributed by atoms with E-state index in [0.29, 0.717) is 5.59 Å². The van der Waals surface area contributed by atoms with E-state index in [1.54, 1.807) is 6.20 Å². The highest BCUT2D eigenvalue weighted by Gasteiger charge is 1.98. The van der Waals surface area contributed by atoms with Crippen molar-refractivity contribution in [1.29, 1.82) is 0 Å². The van der Waals surface area contributed by atoms with Gasteiger partial charge in [0.2, 0.25) is 0 Å². The van der Waals surface area contributed by atoms with E-state index < -0.39 is 0 Å². The lowest BCUT2D eigenvalue weighted by molar-refractivity contribution is 0.282. The molecule has 0 amide bonds. The van der Waals surface area contributed by atoms with Gasteiger partial charge in [0.15, 0.2) is 0 Å². The predicted octanol–water partition coefficient (Wildman–Crippen LogP) is -0.324. The Hall–Kier alpha value is -0.825. The topological polar surface area (TPSA) is 33.1 Å². The molecule has 0 aliphatic heterocycles. The highest BCUT2D eigenvalue weighted by Crippen LogP contribution is 2.00. The van der Waals surface area contributed by atoms with Gasteiger partial charge in [0, 0.05) is 6.20 Å². The minimum atomic E-state index is -0.0362. The molecule has 10 heavy (non-hydrogen) atoms. The second-order valence-electron chi connectivity index (χ2n) is 2.15. The van der Waals surface area contributed by atoms with Crippen molar-refractivity contribution in [3.8, 4) is 0 Å². The number of hydrogen-bond donors (Lipinski definition) is 1. The van der Waals surface area contributed by atoms with Gasteiger partial charge in [-0.1, -0.05) is 0 Å². The summed E-state index contributed by atoms with van der Waals surface area (Å²) in [6, 6.07) is 1.82. The van der Waals surface area contributed by atoms with Crippen LogP contribution in [-0.4, -0.2) is 17.9 Å². The first-order chi connectivity index (χ1) is 4.75. The molecule has 0 spiro atoms. The first kappa shape index (κ1) is 7.28. The zero-order chi connectivity index (χ0) is 7.56. The van der Waals surface area contributed by atoms with Crippen molar-refractivity contribution in [2.24, 2.45) is 0 Å². The van der Waals surface area contributed by atoms with Crippen molar-refractivity contribution in [2.45, 2.75) is 13.5 Å². The van der Waals surface area contributed by atoms with Crippen molar-refractivity contribution < 1.29 is 5.11 Å². The average Bonchev–Trinajstić information content (AvgIpc) is 1.88. The second kappa shape index (κ2) is 2.84. The van der Waals surface area contributed by atoms with Crippen molar-refractivity contribution in [2.75, 3.05) is 0 Å². The summed E-state index contributed by atoms with van der Waals surface area (Å²) in [5.74, 6) is 0. The lowest BCUT2D eigenvalue weighted by Gasteiger charge is -2.03. The maximum Gasteiger partial charge on any atom is 0.142 e. The van der Waals surface area contributed by atoms with Crippen LogP contribution < -0.4 is 5.59 Å². The third-order valence-corrected chi connectivity index (χ3v) is 1.48. The molecule has 0 atom stereocenters. The Labute approximate surface area is 61.3 Å². The van der Waals surface area contributed by atoms with E-state index in [1.807, 2.05) is 13.0 Å². The molecule has 50 valence electrons. The van der Waals surface area contributed by atoms with Gasteiger partial charge in [-0.05, 0) is 29.7 Å². The number of aliphatic hydroxyl groups is 1. The lowest BCUT2D eigenvalue weighted by Crippen LogP contribution is -2.15. The summed E-state index contributed by atoms with van der Waals surface area (Å²) in [6.07, 6.45) is 1.63. The van der Waals surface area contributed by atoms with E-state index in [4.69, 9.17) is 13.0 Å². The molecule has 0 saturated carbocycles. The number of aromatic nitrogens is 1. The van der Waals surface area contributed by atoms with E-state index >= 15 is 0 Å². The molecule has 0 aromatic carbocycles. The van der Waals surface area contributed by atoms with E-state index in [2.05, 4.69) is 4.98 Å². The first-order valence-corrected chi connectivity index (χ1v) is 3.06. The molecule has 1 aromatic heterocycles. The minimum Gasteiger partial charge on any atom is -0.392 e. The van der Waals surface area contributed by atoms with Gasteiger partial charge < -0.3 is 5.11 Å². The maximum absolute atomic E-state index is 8.78. The SMILES string of the molecule is [B]c1nccc(C)c1CO. The molecule has 0 aliphatic carbocycles. The zero-order valence-corrected chi connectivity index (χ0v) is 5.83. The van der Waals surface area contributed by atoms with E-state index in [-0.39, 0.29) is 6.61 Å². The summed E-state index contributed by atoms with van der Waals surface area (Å²) in [4.78, 5) is 3.83. The summed E-state index contributed by atoms with van der Waals surface area (Å²) >= 11 is 0. The van der Waals surface area contributed by atoms with Gasteiger partial charge in [0.05, 0.1) is 6.61 Å². The molecule has 1 N–H and O–H groups in total. The standard InChI is InChI=1S/C7H8BNO/c1-5-2-3-9-7(8)6(5)4-10/h2-3,10H,4H2,1H3.